The molecule has 1 aliphatic heterocycles. The predicted octanol–water partition coefficient (Wildman–Crippen LogP) is 0.787. The molecule has 1 fully saturated rings. The molecule has 3 atom stereocenters. The fourth-order valence-electron chi connectivity index (χ4n) is 3.22. The van der Waals surface area contributed by atoms with Crippen LogP contribution in [0.2, 0.25) is 0 Å². The second-order valence-corrected chi connectivity index (χ2v) is 7.61. The van der Waals surface area contributed by atoms with Gasteiger partial charge in [0.25, 0.3) is 0 Å². The Kier molecular flexibility index (Phi) is 7.80. The topological polar surface area (TPSA) is 128 Å². The van der Waals surface area contributed by atoms with Crippen LogP contribution in [0.3, 0.4) is 0 Å². The van der Waals surface area contributed by atoms with Gasteiger partial charge in [-0.05, 0) is 49.4 Å². The molecule has 1 aromatic carbocycles. The van der Waals surface area contributed by atoms with E-state index in [1.807, 2.05) is 13.8 Å². The summed E-state index contributed by atoms with van der Waals surface area (Å²) in [6, 6.07) is 4.06. The van der Waals surface area contributed by atoms with Crippen molar-refractivity contribution in [2.24, 2.45) is 5.92 Å². The van der Waals surface area contributed by atoms with Crippen molar-refractivity contribution in [2.75, 3.05) is 6.54 Å². The van der Waals surface area contributed by atoms with Gasteiger partial charge in [-0.25, -0.2) is 4.79 Å². The van der Waals surface area contributed by atoms with E-state index in [1.54, 1.807) is 12.1 Å². The van der Waals surface area contributed by atoms with Crippen molar-refractivity contribution in [3.63, 3.8) is 0 Å². The number of phenols is 1. The molecule has 0 bridgehead atoms. The minimum Gasteiger partial charge on any atom is -0.508 e. The average Bonchev–Trinajstić information content (AvgIpc) is 3.16. The van der Waals surface area contributed by atoms with Crippen LogP contribution in [-0.2, 0) is 20.8 Å². The summed E-state index contributed by atoms with van der Waals surface area (Å²) in [5, 5.41) is 27.2. The predicted molar refractivity (Wildman–Crippen MR) is 104 cm³/mol. The van der Waals surface area contributed by atoms with Gasteiger partial charge in [-0.2, -0.15) is 0 Å². The van der Waals surface area contributed by atoms with Crippen LogP contribution in [0.4, 0.5) is 0 Å². The van der Waals surface area contributed by atoms with E-state index in [0.717, 1.165) is 18.5 Å². The number of amides is 2. The molecule has 0 spiro atoms. The van der Waals surface area contributed by atoms with Crippen molar-refractivity contribution in [3.05, 3.63) is 29.8 Å². The van der Waals surface area contributed by atoms with E-state index in [9.17, 15) is 24.6 Å². The Balaban J connectivity index is 2.12. The van der Waals surface area contributed by atoms with Gasteiger partial charge in [0.05, 0.1) is 6.04 Å². The van der Waals surface area contributed by atoms with E-state index in [4.69, 9.17) is 0 Å². The first kappa shape index (κ1) is 21.7. The Morgan fingerprint density at radius 3 is 2.36 bits per heavy atom. The third kappa shape index (κ3) is 6.53. The number of phenolic OH excluding ortho intramolecular Hbond substituents is 1. The monoisotopic (exact) mass is 391 g/mol. The molecule has 0 saturated carbocycles. The van der Waals surface area contributed by atoms with E-state index in [2.05, 4.69) is 16.0 Å². The molecule has 5 N–H and O–H groups in total. The fraction of sp³-hybridized carbons (Fsp3) is 0.550. The molecular weight excluding hydrogens is 362 g/mol. The largest absolute Gasteiger partial charge is 0.508 e. The molecule has 28 heavy (non-hydrogen) atoms. The minimum absolute atomic E-state index is 0.0919. The van der Waals surface area contributed by atoms with Gasteiger partial charge >= 0.3 is 5.97 Å². The van der Waals surface area contributed by atoms with Crippen LogP contribution in [0.25, 0.3) is 0 Å². The van der Waals surface area contributed by atoms with Gasteiger partial charge in [0, 0.05) is 6.42 Å². The van der Waals surface area contributed by atoms with Gasteiger partial charge in [0.15, 0.2) is 0 Å². The molecule has 1 saturated heterocycles. The van der Waals surface area contributed by atoms with Crippen molar-refractivity contribution in [3.8, 4) is 5.75 Å². The first-order chi connectivity index (χ1) is 13.3. The van der Waals surface area contributed by atoms with Crippen LogP contribution in [0.15, 0.2) is 24.3 Å². The number of hydrogen-bond acceptors (Lipinski definition) is 5. The summed E-state index contributed by atoms with van der Waals surface area (Å²) in [5.41, 5.74) is 0.744. The number of aliphatic carboxylic acids is 1. The lowest BCUT2D eigenvalue weighted by Gasteiger charge is -2.23. The van der Waals surface area contributed by atoms with Crippen LogP contribution in [0.1, 0.15) is 38.7 Å². The lowest BCUT2D eigenvalue weighted by atomic mass is 10.0. The summed E-state index contributed by atoms with van der Waals surface area (Å²) < 4.78 is 0. The van der Waals surface area contributed by atoms with E-state index >= 15 is 0 Å². The molecule has 0 aromatic heterocycles. The van der Waals surface area contributed by atoms with Crippen LogP contribution < -0.4 is 16.0 Å². The Labute approximate surface area is 164 Å². The minimum atomic E-state index is -1.10. The van der Waals surface area contributed by atoms with Crippen LogP contribution in [0, 0.1) is 5.92 Å². The summed E-state index contributed by atoms with van der Waals surface area (Å²) >= 11 is 0. The van der Waals surface area contributed by atoms with E-state index in [-0.39, 0.29) is 30.0 Å². The summed E-state index contributed by atoms with van der Waals surface area (Å²) in [4.78, 5) is 36.8. The fourth-order valence-corrected chi connectivity index (χ4v) is 3.22. The Morgan fingerprint density at radius 2 is 1.82 bits per heavy atom. The average molecular weight is 391 g/mol. The summed E-state index contributed by atoms with van der Waals surface area (Å²) in [5.74, 6) is -1.71. The quantitative estimate of drug-likeness (QED) is 0.423. The number of carbonyl (C=O) groups excluding carboxylic acids is 2. The number of nitrogens with one attached hydrogen (secondary N) is 3. The van der Waals surface area contributed by atoms with Crippen LogP contribution >= 0.6 is 0 Å². The van der Waals surface area contributed by atoms with Gasteiger partial charge in [0.1, 0.15) is 17.8 Å². The van der Waals surface area contributed by atoms with E-state index in [1.165, 1.54) is 12.1 Å². The van der Waals surface area contributed by atoms with Gasteiger partial charge in [-0.15, -0.1) is 0 Å². The van der Waals surface area contributed by atoms with E-state index < -0.39 is 24.0 Å². The Bertz CT molecular complexity index is 684. The van der Waals surface area contributed by atoms with Crippen molar-refractivity contribution in [1.29, 1.82) is 0 Å². The highest BCUT2D eigenvalue weighted by molar-refractivity contribution is 5.92. The second-order valence-electron chi connectivity index (χ2n) is 7.61. The maximum atomic E-state index is 12.8. The van der Waals surface area contributed by atoms with Crippen molar-refractivity contribution >= 4 is 17.8 Å². The Hall–Kier alpha value is -2.61. The molecule has 2 rings (SSSR count). The number of hydrogen-bond donors (Lipinski definition) is 5. The zero-order valence-corrected chi connectivity index (χ0v) is 16.3. The smallest absolute Gasteiger partial charge is 0.326 e. The standard InChI is InChI=1S/C20H29N3O5/c1-12(2)10-17(20(27)28)23-19(26)16(11-13-5-7-14(24)8-6-13)22-18(25)15-4-3-9-21-15/h5-8,12,15-17,21,24H,3-4,9-11H2,1-2H3,(H,22,25)(H,23,26)(H,27,28)/t15-,16-,17-/m0/s1. The number of carboxylic acids is 1. The maximum Gasteiger partial charge on any atom is 0.326 e. The number of aromatic hydroxyl groups is 1. The zero-order valence-electron chi connectivity index (χ0n) is 16.3. The van der Waals surface area contributed by atoms with Gasteiger partial charge in [-0.3, -0.25) is 9.59 Å². The van der Waals surface area contributed by atoms with Gasteiger partial charge in [-0.1, -0.05) is 26.0 Å². The van der Waals surface area contributed by atoms with Crippen molar-refractivity contribution in [1.82, 2.24) is 16.0 Å². The summed E-state index contributed by atoms with van der Waals surface area (Å²) in [6.07, 6.45) is 2.08. The third-order valence-electron chi connectivity index (χ3n) is 4.71. The van der Waals surface area contributed by atoms with E-state index in [0.29, 0.717) is 12.8 Å². The molecule has 0 aliphatic carbocycles. The van der Waals surface area contributed by atoms with Crippen LogP contribution in [-0.4, -0.2) is 52.7 Å². The maximum absolute atomic E-state index is 12.8. The Morgan fingerprint density at radius 1 is 1.14 bits per heavy atom. The number of carboxylic acid groups (broad SMARTS) is 1. The summed E-state index contributed by atoms with van der Waals surface area (Å²) in [6.45, 7) is 4.51. The number of benzene rings is 1. The van der Waals surface area contributed by atoms with Crippen LogP contribution in [0.5, 0.6) is 5.75 Å². The first-order valence-corrected chi connectivity index (χ1v) is 9.61. The highest BCUT2D eigenvalue weighted by Crippen LogP contribution is 2.13. The molecule has 1 aliphatic rings. The molecule has 1 heterocycles. The lowest BCUT2D eigenvalue weighted by Crippen LogP contribution is -2.55. The van der Waals surface area contributed by atoms with Gasteiger partial charge < -0.3 is 26.2 Å². The zero-order chi connectivity index (χ0) is 20.7. The molecule has 154 valence electrons. The molecule has 0 unspecified atom stereocenters. The lowest BCUT2D eigenvalue weighted by molar-refractivity contribution is -0.142. The first-order valence-electron chi connectivity index (χ1n) is 9.61. The normalized spacial score (nSPS) is 18.5. The summed E-state index contributed by atoms with van der Waals surface area (Å²) in [7, 11) is 0. The molecule has 1 aromatic rings. The highest BCUT2D eigenvalue weighted by Gasteiger charge is 2.30. The number of rotatable bonds is 9. The second kappa shape index (κ2) is 10.1. The van der Waals surface area contributed by atoms with Gasteiger partial charge in [0.2, 0.25) is 11.8 Å². The molecular formula is C20H29N3O5. The van der Waals surface area contributed by atoms with Crippen molar-refractivity contribution < 1.29 is 24.6 Å². The number of carbonyl (C=O) groups is 3. The third-order valence-corrected chi connectivity index (χ3v) is 4.71. The SMILES string of the molecule is CC(C)C[C@H](NC(=O)[C@H](Cc1ccc(O)cc1)NC(=O)[C@@H]1CCCN1)C(=O)O. The molecule has 8 nitrogen and oxygen atoms in total. The molecule has 0 radical (unpaired) electrons. The molecule has 2 amide bonds. The van der Waals surface area contributed by atoms with Crippen molar-refractivity contribution in [2.45, 2.75) is 57.7 Å². The highest BCUT2D eigenvalue weighted by atomic mass is 16.4. The molecule has 8 heteroatoms.